The zero-order valence-electron chi connectivity index (χ0n) is 8.60. The van der Waals surface area contributed by atoms with Gasteiger partial charge in [0.1, 0.15) is 5.75 Å². The van der Waals surface area contributed by atoms with Gasteiger partial charge in [-0.3, -0.25) is 9.78 Å². The lowest BCUT2D eigenvalue weighted by atomic mass is 10.1. The van der Waals surface area contributed by atoms with Crippen molar-refractivity contribution < 1.29 is 9.53 Å². The van der Waals surface area contributed by atoms with E-state index in [4.69, 9.17) is 4.74 Å². The molecule has 0 N–H and O–H groups in total. The van der Waals surface area contributed by atoms with Gasteiger partial charge in [-0.15, -0.1) is 0 Å². The number of carbonyl (C=O) groups is 1. The summed E-state index contributed by atoms with van der Waals surface area (Å²) in [4.78, 5) is 16.1. The van der Waals surface area contributed by atoms with Gasteiger partial charge in [-0.05, 0) is 24.7 Å². The van der Waals surface area contributed by atoms with Gasteiger partial charge < -0.3 is 4.74 Å². The molecule has 2 heterocycles. The lowest BCUT2D eigenvalue weighted by molar-refractivity contribution is 0.0985. The van der Waals surface area contributed by atoms with Gasteiger partial charge in [-0.1, -0.05) is 0 Å². The number of nitrogens with zero attached hydrogens (tertiary/aromatic N) is 1. The summed E-state index contributed by atoms with van der Waals surface area (Å²) in [5.41, 5.74) is 0.611. The van der Waals surface area contributed by atoms with E-state index in [-0.39, 0.29) is 11.0 Å². The number of carbonyl (C=O) groups excluding carboxylic acids is 1. The number of aromatic nitrogens is 1. The summed E-state index contributed by atoms with van der Waals surface area (Å²) in [5.74, 6) is 1.86. The molecule has 2 rings (SSSR count). The van der Waals surface area contributed by atoms with E-state index in [9.17, 15) is 4.79 Å². The molecule has 0 amide bonds. The van der Waals surface area contributed by atoms with Crippen molar-refractivity contribution >= 4 is 17.5 Å². The van der Waals surface area contributed by atoms with Crippen molar-refractivity contribution in [3.8, 4) is 5.75 Å². The SMILES string of the molecule is COc1ccncc1C(=O)C1CCCS1. The van der Waals surface area contributed by atoms with Crippen LogP contribution in [-0.4, -0.2) is 28.9 Å². The number of pyridine rings is 1. The molecule has 1 aliphatic rings. The first-order chi connectivity index (χ1) is 7.33. The van der Waals surface area contributed by atoms with E-state index in [1.165, 1.54) is 0 Å². The van der Waals surface area contributed by atoms with Crippen molar-refractivity contribution in [2.45, 2.75) is 18.1 Å². The normalized spacial score (nSPS) is 20.2. The lowest BCUT2D eigenvalue weighted by Gasteiger charge is -2.10. The topological polar surface area (TPSA) is 39.2 Å². The first-order valence-corrected chi connectivity index (χ1v) is 6.01. The predicted octanol–water partition coefficient (Wildman–Crippen LogP) is 2.17. The van der Waals surface area contributed by atoms with Crippen molar-refractivity contribution in [1.82, 2.24) is 4.98 Å². The molecule has 0 aromatic carbocycles. The van der Waals surface area contributed by atoms with Crippen molar-refractivity contribution in [3.63, 3.8) is 0 Å². The average Bonchev–Trinajstić information content (AvgIpc) is 2.81. The number of thioether (sulfide) groups is 1. The maximum Gasteiger partial charge on any atom is 0.181 e. The van der Waals surface area contributed by atoms with E-state index in [2.05, 4.69) is 4.98 Å². The summed E-state index contributed by atoms with van der Waals surface area (Å²) >= 11 is 1.73. The van der Waals surface area contributed by atoms with Crippen LogP contribution in [0, 0.1) is 0 Å². The Bertz CT molecular complexity index is 361. The Hall–Kier alpha value is -1.03. The van der Waals surface area contributed by atoms with Gasteiger partial charge in [-0.2, -0.15) is 11.8 Å². The third-order valence-electron chi connectivity index (χ3n) is 2.49. The Labute approximate surface area is 93.2 Å². The van der Waals surface area contributed by atoms with E-state index in [0.29, 0.717) is 11.3 Å². The Morgan fingerprint density at radius 1 is 1.67 bits per heavy atom. The van der Waals surface area contributed by atoms with Crippen molar-refractivity contribution in [2.24, 2.45) is 0 Å². The number of ether oxygens (including phenoxy) is 1. The standard InChI is InChI=1S/C11H13NO2S/c1-14-9-4-5-12-7-8(9)11(13)10-3-2-6-15-10/h4-5,7,10H,2-3,6H2,1H3. The molecule has 1 fully saturated rings. The lowest BCUT2D eigenvalue weighted by Crippen LogP contribution is -2.15. The molecule has 80 valence electrons. The second kappa shape index (κ2) is 4.66. The molecule has 1 aromatic heterocycles. The summed E-state index contributed by atoms with van der Waals surface area (Å²) in [6, 6.07) is 1.73. The molecule has 1 aliphatic heterocycles. The Morgan fingerprint density at radius 2 is 2.53 bits per heavy atom. The highest BCUT2D eigenvalue weighted by atomic mass is 32.2. The van der Waals surface area contributed by atoms with Crippen molar-refractivity contribution in [3.05, 3.63) is 24.0 Å². The minimum absolute atomic E-state index is 0.100. The number of Topliss-reactive ketones (excluding diaryl/α,β-unsaturated/α-hetero) is 1. The number of hydrogen-bond donors (Lipinski definition) is 0. The van der Waals surface area contributed by atoms with Crippen LogP contribution >= 0.6 is 11.8 Å². The molecule has 1 atom stereocenters. The van der Waals surface area contributed by atoms with Crippen LogP contribution in [0.3, 0.4) is 0 Å². The molecule has 4 heteroatoms. The quantitative estimate of drug-likeness (QED) is 0.736. The van der Waals surface area contributed by atoms with Gasteiger partial charge in [0.25, 0.3) is 0 Å². The molecular weight excluding hydrogens is 210 g/mol. The summed E-state index contributed by atoms with van der Waals surface area (Å²) in [6.07, 6.45) is 5.34. The minimum Gasteiger partial charge on any atom is -0.496 e. The molecule has 0 saturated carbocycles. The van der Waals surface area contributed by atoms with Crippen LogP contribution < -0.4 is 4.74 Å². The maximum atomic E-state index is 12.1. The van der Waals surface area contributed by atoms with Crippen molar-refractivity contribution in [2.75, 3.05) is 12.9 Å². The zero-order chi connectivity index (χ0) is 10.7. The molecule has 0 bridgehead atoms. The summed E-state index contributed by atoms with van der Waals surface area (Å²) < 4.78 is 5.16. The number of methoxy groups -OCH3 is 1. The molecule has 1 saturated heterocycles. The molecule has 1 aromatic rings. The van der Waals surface area contributed by atoms with E-state index in [1.807, 2.05) is 0 Å². The second-order valence-electron chi connectivity index (χ2n) is 3.44. The van der Waals surface area contributed by atoms with Crippen LogP contribution in [0.4, 0.5) is 0 Å². The Balaban J connectivity index is 2.24. The van der Waals surface area contributed by atoms with Gasteiger partial charge >= 0.3 is 0 Å². The summed E-state index contributed by atoms with van der Waals surface area (Å²) in [5, 5.41) is 0.100. The molecular formula is C11H13NO2S. The first kappa shape index (κ1) is 10.5. The largest absolute Gasteiger partial charge is 0.496 e. The smallest absolute Gasteiger partial charge is 0.181 e. The fraction of sp³-hybridized carbons (Fsp3) is 0.455. The third-order valence-corrected chi connectivity index (χ3v) is 3.87. The monoisotopic (exact) mass is 223 g/mol. The van der Waals surface area contributed by atoms with Gasteiger partial charge in [-0.25, -0.2) is 0 Å². The fourth-order valence-corrected chi connectivity index (χ4v) is 2.93. The Kier molecular flexibility index (Phi) is 3.26. The molecule has 15 heavy (non-hydrogen) atoms. The van der Waals surface area contributed by atoms with Gasteiger partial charge in [0.2, 0.25) is 0 Å². The van der Waals surface area contributed by atoms with E-state index >= 15 is 0 Å². The second-order valence-corrected chi connectivity index (χ2v) is 4.75. The van der Waals surface area contributed by atoms with Gasteiger partial charge in [0.15, 0.2) is 5.78 Å². The van der Waals surface area contributed by atoms with Crippen LogP contribution in [-0.2, 0) is 0 Å². The fourth-order valence-electron chi connectivity index (χ4n) is 1.70. The van der Waals surface area contributed by atoms with Crippen LogP contribution in [0.1, 0.15) is 23.2 Å². The van der Waals surface area contributed by atoms with E-state index in [1.54, 1.807) is 37.3 Å². The van der Waals surface area contributed by atoms with Crippen LogP contribution in [0.5, 0.6) is 5.75 Å². The molecule has 0 aliphatic carbocycles. The van der Waals surface area contributed by atoms with Crippen LogP contribution in [0.25, 0.3) is 0 Å². The minimum atomic E-state index is 0.100. The average molecular weight is 223 g/mol. The van der Waals surface area contributed by atoms with Crippen LogP contribution in [0.15, 0.2) is 18.5 Å². The number of ketones is 1. The van der Waals surface area contributed by atoms with Gasteiger partial charge in [0, 0.05) is 12.4 Å². The van der Waals surface area contributed by atoms with E-state index in [0.717, 1.165) is 18.6 Å². The third kappa shape index (κ3) is 2.15. The number of rotatable bonds is 3. The molecule has 0 radical (unpaired) electrons. The van der Waals surface area contributed by atoms with Crippen molar-refractivity contribution in [1.29, 1.82) is 0 Å². The highest BCUT2D eigenvalue weighted by Gasteiger charge is 2.26. The highest BCUT2D eigenvalue weighted by Crippen LogP contribution is 2.31. The molecule has 1 unspecified atom stereocenters. The number of hydrogen-bond acceptors (Lipinski definition) is 4. The van der Waals surface area contributed by atoms with E-state index < -0.39 is 0 Å². The summed E-state index contributed by atoms with van der Waals surface area (Å²) in [6.45, 7) is 0. The zero-order valence-corrected chi connectivity index (χ0v) is 9.42. The Morgan fingerprint density at radius 3 is 3.20 bits per heavy atom. The van der Waals surface area contributed by atoms with Gasteiger partial charge in [0.05, 0.1) is 17.9 Å². The highest BCUT2D eigenvalue weighted by molar-refractivity contribution is 8.00. The first-order valence-electron chi connectivity index (χ1n) is 4.96. The van der Waals surface area contributed by atoms with Crippen LogP contribution in [0.2, 0.25) is 0 Å². The maximum absolute atomic E-state index is 12.1. The predicted molar refractivity (Wildman–Crippen MR) is 60.6 cm³/mol. The summed E-state index contributed by atoms with van der Waals surface area (Å²) in [7, 11) is 1.58. The molecule has 3 nitrogen and oxygen atoms in total. The molecule has 0 spiro atoms.